The van der Waals surface area contributed by atoms with E-state index in [9.17, 15) is 9.59 Å². The van der Waals surface area contributed by atoms with Crippen LogP contribution in [0.3, 0.4) is 0 Å². The third kappa shape index (κ3) is 4.49. The van der Waals surface area contributed by atoms with Gasteiger partial charge >= 0.3 is 0 Å². The summed E-state index contributed by atoms with van der Waals surface area (Å²) < 4.78 is 8.88. The van der Waals surface area contributed by atoms with Gasteiger partial charge in [-0.3, -0.25) is 19.1 Å². The van der Waals surface area contributed by atoms with Crippen LogP contribution >= 0.6 is 0 Å². The fourth-order valence-corrected chi connectivity index (χ4v) is 3.83. The number of nitrogens with one attached hydrogen (secondary N) is 1. The molecule has 8 nitrogen and oxygen atoms in total. The number of amides is 1. The number of carbonyl (C=O) groups excluding carboxylic acids is 1. The van der Waals surface area contributed by atoms with Crippen molar-refractivity contribution in [1.82, 2.24) is 24.2 Å². The van der Waals surface area contributed by atoms with Crippen molar-refractivity contribution in [2.24, 2.45) is 0 Å². The number of hydrogen-bond acceptors (Lipinski definition) is 5. The van der Waals surface area contributed by atoms with Gasteiger partial charge in [0, 0.05) is 45.0 Å². The van der Waals surface area contributed by atoms with Crippen LogP contribution in [0.15, 0.2) is 41.5 Å². The maximum Gasteiger partial charge on any atom is 0.276 e. The number of fused-ring (bicyclic) bond motifs is 3. The number of pyridine rings is 1. The zero-order valence-corrected chi connectivity index (χ0v) is 16.5. The monoisotopic (exact) mass is 397 g/mol. The Labute approximate surface area is 169 Å². The normalized spacial score (nSPS) is 15.2. The molecule has 8 heteroatoms. The summed E-state index contributed by atoms with van der Waals surface area (Å²) in [7, 11) is 0. The Morgan fingerprint density at radius 2 is 1.93 bits per heavy atom. The van der Waals surface area contributed by atoms with Crippen molar-refractivity contribution < 1.29 is 9.53 Å². The van der Waals surface area contributed by atoms with Gasteiger partial charge in [-0.2, -0.15) is 0 Å². The molecule has 0 aromatic carbocycles. The van der Waals surface area contributed by atoms with Gasteiger partial charge < -0.3 is 14.5 Å². The van der Waals surface area contributed by atoms with Crippen molar-refractivity contribution in [3.05, 3.63) is 47.0 Å². The van der Waals surface area contributed by atoms with Crippen molar-refractivity contribution in [3.8, 4) is 0 Å². The molecule has 1 aliphatic rings. The van der Waals surface area contributed by atoms with E-state index in [1.165, 1.54) is 0 Å². The summed E-state index contributed by atoms with van der Waals surface area (Å²) in [5.74, 6) is 0.0288. The van der Waals surface area contributed by atoms with Crippen molar-refractivity contribution in [1.29, 1.82) is 0 Å². The number of aryl methyl sites for hydroxylation is 1. The van der Waals surface area contributed by atoms with E-state index in [1.54, 1.807) is 10.8 Å². The first kappa shape index (κ1) is 19.6. The summed E-state index contributed by atoms with van der Waals surface area (Å²) in [4.78, 5) is 31.7. The zero-order valence-electron chi connectivity index (χ0n) is 16.5. The van der Waals surface area contributed by atoms with Gasteiger partial charge in [-0.25, -0.2) is 4.98 Å². The molecule has 0 spiro atoms. The minimum absolute atomic E-state index is 0.0288. The van der Waals surface area contributed by atoms with Crippen LogP contribution in [0.1, 0.15) is 19.3 Å². The Bertz CT molecular complexity index is 1040. The summed E-state index contributed by atoms with van der Waals surface area (Å²) in [6, 6.07) is 7.48. The molecular weight excluding hydrogens is 370 g/mol. The SMILES string of the molecule is O=C(CCCn1c(=O)c2cccn2c2cccnc21)NCCCN1CCOCC1. The Balaban J connectivity index is 1.30. The van der Waals surface area contributed by atoms with E-state index in [0.717, 1.165) is 44.8 Å². The predicted octanol–water partition coefficient (Wildman–Crippen LogP) is 1.27. The number of morpholine rings is 1. The number of nitrogens with zero attached hydrogens (tertiary/aromatic N) is 4. The number of ether oxygens (including phenoxy) is 1. The van der Waals surface area contributed by atoms with E-state index in [-0.39, 0.29) is 11.5 Å². The van der Waals surface area contributed by atoms with E-state index in [2.05, 4.69) is 15.2 Å². The lowest BCUT2D eigenvalue weighted by Crippen LogP contribution is -2.38. The molecule has 1 aliphatic heterocycles. The molecule has 29 heavy (non-hydrogen) atoms. The van der Waals surface area contributed by atoms with E-state index >= 15 is 0 Å². The molecule has 1 fully saturated rings. The fraction of sp³-hybridized carbons (Fsp3) is 0.476. The number of aromatic nitrogens is 3. The van der Waals surface area contributed by atoms with Crippen LogP contribution in [0.5, 0.6) is 0 Å². The third-order valence-corrected chi connectivity index (χ3v) is 5.36. The Kier molecular flexibility index (Phi) is 6.21. The highest BCUT2D eigenvalue weighted by atomic mass is 16.5. The molecule has 0 saturated carbocycles. The maximum atomic E-state index is 12.8. The first-order valence-electron chi connectivity index (χ1n) is 10.3. The Morgan fingerprint density at radius 1 is 1.10 bits per heavy atom. The lowest BCUT2D eigenvalue weighted by Gasteiger charge is -2.26. The highest BCUT2D eigenvalue weighted by molar-refractivity contribution is 5.76. The van der Waals surface area contributed by atoms with Gasteiger partial charge in [-0.15, -0.1) is 0 Å². The first-order chi connectivity index (χ1) is 14.2. The molecule has 1 N–H and O–H groups in total. The van der Waals surface area contributed by atoms with E-state index < -0.39 is 0 Å². The molecule has 0 radical (unpaired) electrons. The molecule has 154 valence electrons. The van der Waals surface area contributed by atoms with Crippen LogP contribution in [0.2, 0.25) is 0 Å². The van der Waals surface area contributed by atoms with Crippen molar-refractivity contribution in [2.75, 3.05) is 39.4 Å². The largest absolute Gasteiger partial charge is 0.379 e. The minimum Gasteiger partial charge on any atom is -0.379 e. The fourth-order valence-electron chi connectivity index (χ4n) is 3.83. The molecule has 0 bridgehead atoms. The van der Waals surface area contributed by atoms with Gasteiger partial charge in [0.2, 0.25) is 5.91 Å². The summed E-state index contributed by atoms with van der Waals surface area (Å²) in [6.07, 6.45) is 5.48. The van der Waals surface area contributed by atoms with Crippen LogP contribution < -0.4 is 10.9 Å². The zero-order chi connectivity index (χ0) is 20.1. The average Bonchev–Trinajstić information content (AvgIpc) is 3.25. The van der Waals surface area contributed by atoms with Gasteiger partial charge in [0.15, 0.2) is 5.65 Å². The summed E-state index contributed by atoms with van der Waals surface area (Å²) in [6.45, 7) is 5.65. The average molecular weight is 397 g/mol. The smallest absolute Gasteiger partial charge is 0.276 e. The topological polar surface area (TPSA) is 80.9 Å². The van der Waals surface area contributed by atoms with Crippen molar-refractivity contribution in [2.45, 2.75) is 25.8 Å². The second-order valence-electron chi connectivity index (χ2n) is 7.33. The minimum atomic E-state index is -0.0767. The van der Waals surface area contributed by atoms with Crippen LogP contribution in [-0.2, 0) is 16.1 Å². The van der Waals surface area contributed by atoms with E-state index in [0.29, 0.717) is 37.1 Å². The highest BCUT2D eigenvalue weighted by Gasteiger charge is 2.12. The van der Waals surface area contributed by atoms with Gasteiger partial charge in [0.05, 0.1) is 18.7 Å². The second-order valence-corrected chi connectivity index (χ2v) is 7.33. The lowest BCUT2D eigenvalue weighted by molar-refractivity contribution is -0.121. The van der Waals surface area contributed by atoms with Gasteiger partial charge in [0.25, 0.3) is 5.56 Å². The molecule has 1 amide bonds. The molecule has 4 rings (SSSR count). The summed E-state index contributed by atoms with van der Waals surface area (Å²) >= 11 is 0. The predicted molar refractivity (Wildman–Crippen MR) is 111 cm³/mol. The highest BCUT2D eigenvalue weighted by Crippen LogP contribution is 2.13. The third-order valence-electron chi connectivity index (χ3n) is 5.36. The number of rotatable bonds is 8. The molecule has 0 unspecified atom stereocenters. The van der Waals surface area contributed by atoms with Crippen molar-refractivity contribution >= 4 is 22.6 Å². The standard InChI is InChI=1S/C21H27N5O3/c27-19(22-9-4-10-24-13-15-29-16-14-24)7-3-12-26-20-17(5-1-8-23-20)25-11-2-6-18(25)21(26)28/h1-2,5-6,8,11H,3-4,7,9-10,12-16H2,(H,22,27). The molecule has 3 aromatic rings. The van der Waals surface area contributed by atoms with E-state index in [4.69, 9.17) is 4.74 Å². The maximum absolute atomic E-state index is 12.8. The molecular formula is C21H27N5O3. The summed E-state index contributed by atoms with van der Waals surface area (Å²) in [5.41, 5.74) is 2.08. The number of hydrogen-bond donors (Lipinski definition) is 1. The van der Waals surface area contributed by atoms with Gasteiger partial charge in [-0.1, -0.05) is 0 Å². The van der Waals surface area contributed by atoms with Crippen LogP contribution in [0.4, 0.5) is 0 Å². The van der Waals surface area contributed by atoms with Gasteiger partial charge in [0.1, 0.15) is 5.52 Å². The second kappa shape index (κ2) is 9.19. The molecule has 0 aliphatic carbocycles. The van der Waals surface area contributed by atoms with Crippen LogP contribution in [-0.4, -0.2) is 64.2 Å². The quantitative estimate of drug-likeness (QED) is 0.579. The van der Waals surface area contributed by atoms with Crippen molar-refractivity contribution in [3.63, 3.8) is 0 Å². The van der Waals surface area contributed by atoms with E-state index in [1.807, 2.05) is 34.9 Å². The van der Waals surface area contributed by atoms with Gasteiger partial charge in [-0.05, 0) is 43.7 Å². The number of carbonyl (C=O) groups is 1. The van der Waals surface area contributed by atoms with Crippen LogP contribution in [0.25, 0.3) is 16.7 Å². The van der Waals surface area contributed by atoms with Crippen LogP contribution in [0, 0.1) is 0 Å². The summed E-state index contributed by atoms with van der Waals surface area (Å²) in [5, 5.41) is 2.98. The molecule has 0 atom stereocenters. The first-order valence-corrected chi connectivity index (χ1v) is 10.3. The molecule has 1 saturated heterocycles. The Hall–Kier alpha value is -2.71. The molecule has 4 heterocycles. The lowest BCUT2D eigenvalue weighted by atomic mass is 10.2. The Morgan fingerprint density at radius 3 is 2.79 bits per heavy atom. The molecule has 3 aromatic heterocycles.